The number of carboxylic acid groups (broad SMARTS) is 1. The molecule has 1 saturated heterocycles. The van der Waals surface area contributed by atoms with Gasteiger partial charge >= 0.3 is 5.97 Å². The summed E-state index contributed by atoms with van der Waals surface area (Å²) in [4.78, 5) is 23.5. The summed E-state index contributed by atoms with van der Waals surface area (Å²) in [6.07, 6.45) is 0.987. The lowest BCUT2D eigenvalue weighted by Crippen LogP contribution is -2.55. The maximum Gasteiger partial charge on any atom is 0.331 e. The van der Waals surface area contributed by atoms with Crippen LogP contribution in [-0.4, -0.2) is 45.5 Å². The van der Waals surface area contributed by atoms with Gasteiger partial charge in [-0.15, -0.1) is 0 Å². The molecule has 1 atom stereocenters. The van der Waals surface area contributed by atoms with Crippen molar-refractivity contribution in [2.75, 3.05) is 13.2 Å². The molecule has 0 saturated carbocycles. The fraction of sp³-hybridized carbons (Fsp3) is 0.583. The van der Waals surface area contributed by atoms with E-state index in [9.17, 15) is 14.7 Å². The van der Waals surface area contributed by atoms with E-state index < -0.39 is 17.4 Å². The van der Waals surface area contributed by atoms with Gasteiger partial charge in [-0.05, 0) is 12.5 Å². The first-order valence-corrected chi connectivity index (χ1v) is 6.15. The molecule has 1 fully saturated rings. The van der Waals surface area contributed by atoms with E-state index in [-0.39, 0.29) is 13.0 Å². The average Bonchev–Trinajstić information content (AvgIpc) is 2.96. The Labute approximate surface area is 110 Å². The van der Waals surface area contributed by atoms with Crippen LogP contribution in [0.2, 0.25) is 0 Å². The third-order valence-electron chi connectivity index (χ3n) is 3.31. The Morgan fingerprint density at radius 3 is 2.84 bits per heavy atom. The van der Waals surface area contributed by atoms with E-state index in [1.54, 1.807) is 13.1 Å². The molecule has 2 heterocycles. The Balaban J connectivity index is 2.20. The molecule has 0 aliphatic carbocycles. The van der Waals surface area contributed by atoms with Crippen LogP contribution in [0.4, 0.5) is 0 Å². The van der Waals surface area contributed by atoms with Crippen LogP contribution < -0.4 is 5.32 Å². The molecule has 0 radical (unpaired) electrons. The van der Waals surface area contributed by atoms with Crippen molar-refractivity contribution in [3.8, 4) is 0 Å². The lowest BCUT2D eigenvalue weighted by atomic mass is 9.99. The van der Waals surface area contributed by atoms with Gasteiger partial charge in [0.2, 0.25) is 0 Å². The van der Waals surface area contributed by atoms with Crippen molar-refractivity contribution < 1.29 is 19.4 Å². The van der Waals surface area contributed by atoms with Crippen molar-refractivity contribution in [1.82, 2.24) is 15.1 Å². The zero-order chi connectivity index (χ0) is 14.0. The Kier molecular flexibility index (Phi) is 3.57. The highest BCUT2D eigenvalue weighted by Crippen LogP contribution is 2.20. The van der Waals surface area contributed by atoms with E-state index in [1.807, 2.05) is 6.92 Å². The molecular formula is C12H17N3O4. The molecule has 1 aliphatic heterocycles. The molecule has 2 N–H and O–H groups in total. The summed E-state index contributed by atoms with van der Waals surface area (Å²) in [5, 5.41) is 16.0. The summed E-state index contributed by atoms with van der Waals surface area (Å²) in [6.45, 7) is 2.26. The molecule has 0 bridgehead atoms. The molecule has 1 aliphatic rings. The van der Waals surface area contributed by atoms with Gasteiger partial charge in [0.05, 0.1) is 12.3 Å². The lowest BCUT2D eigenvalue weighted by molar-refractivity contribution is -0.144. The lowest BCUT2D eigenvalue weighted by Gasteiger charge is -2.23. The minimum Gasteiger partial charge on any atom is -0.479 e. The Hall–Kier alpha value is -1.89. The Morgan fingerprint density at radius 1 is 1.63 bits per heavy atom. The third-order valence-corrected chi connectivity index (χ3v) is 3.31. The monoisotopic (exact) mass is 267 g/mol. The topological polar surface area (TPSA) is 93.5 Å². The molecule has 1 aromatic rings. The first kappa shape index (κ1) is 13.5. The van der Waals surface area contributed by atoms with Gasteiger partial charge < -0.3 is 15.2 Å². The van der Waals surface area contributed by atoms with Gasteiger partial charge in [0.25, 0.3) is 5.91 Å². The first-order valence-electron chi connectivity index (χ1n) is 6.15. The number of rotatable bonds is 4. The van der Waals surface area contributed by atoms with Crippen molar-refractivity contribution in [3.05, 3.63) is 17.5 Å². The number of hydrogen-bond donors (Lipinski definition) is 2. The van der Waals surface area contributed by atoms with Crippen LogP contribution in [0.25, 0.3) is 0 Å². The van der Waals surface area contributed by atoms with E-state index in [0.29, 0.717) is 18.7 Å². The second-order valence-corrected chi connectivity index (χ2v) is 4.64. The van der Waals surface area contributed by atoms with E-state index in [1.165, 1.54) is 4.68 Å². The summed E-state index contributed by atoms with van der Waals surface area (Å²) in [6, 6.07) is 1.67. The molecule has 104 valence electrons. The molecule has 2 rings (SSSR count). The number of carbonyl (C=O) groups is 2. The Bertz CT molecular complexity index is 503. The summed E-state index contributed by atoms with van der Waals surface area (Å²) >= 11 is 0. The fourth-order valence-corrected chi connectivity index (χ4v) is 2.08. The standard InChI is InChI=1S/C12H17N3O4/c1-3-8-6-9(15(2)14-8)10(16)13-12(11(17)18)4-5-19-7-12/h6H,3-5,7H2,1-2H3,(H,13,16)(H,17,18). The maximum absolute atomic E-state index is 12.2. The van der Waals surface area contributed by atoms with Crippen LogP contribution in [0.5, 0.6) is 0 Å². The van der Waals surface area contributed by atoms with E-state index in [2.05, 4.69) is 10.4 Å². The highest BCUT2D eigenvalue weighted by atomic mass is 16.5. The fourth-order valence-electron chi connectivity index (χ4n) is 2.08. The SMILES string of the molecule is CCc1cc(C(=O)NC2(C(=O)O)CCOC2)n(C)n1. The number of carbonyl (C=O) groups excluding carboxylic acids is 1. The maximum atomic E-state index is 12.2. The zero-order valence-corrected chi connectivity index (χ0v) is 11.0. The third kappa shape index (κ3) is 2.46. The largest absolute Gasteiger partial charge is 0.479 e. The van der Waals surface area contributed by atoms with Crippen molar-refractivity contribution in [2.24, 2.45) is 7.05 Å². The second kappa shape index (κ2) is 5.00. The zero-order valence-electron chi connectivity index (χ0n) is 11.0. The molecule has 1 aromatic heterocycles. The van der Waals surface area contributed by atoms with E-state index in [0.717, 1.165) is 5.69 Å². The number of aryl methyl sites for hydroxylation is 2. The summed E-state index contributed by atoms with van der Waals surface area (Å²) in [7, 11) is 1.66. The van der Waals surface area contributed by atoms with Crippen LogP contribution in [-0.2, 0) is 23.0 Å². The predicted molar refractivity (Wildman–Crippen MR) is 65.9 cm³/mol. The number of aliphatic carboxylic acids is 1. The van der Waals surface area contributed by atoms with Gasteiger partial charge in [0.15, 0.2) is 5.54 Å². The van der Waals surface area contributed by atoms with Gasteiger partial charge in [-0.25, -0.2) is 4.79 Å². The first-order chi connectivity index (χ1) is 8.98. The number of nitrogens with one attached hydrogen (secondary N) is 1. The molecule has 1 amide bonds. The Morgan fingerprint density at radius 2 is 2.37 bits per heavy atom. The van der Waals surface area contributed by atoms with Gasteiger partial charge in [0, 0.05) is 20.1 Å². The molecule has 0 spiro atoms. The quantitative estimate of drug-likeness (QED) is 0.798. The number of amides is 1. The van der Waals surface area contributed by atoms with Crippen molar-refractivity contribution in [1.29, 1.82) is 0 Å². The second-order valence-electron chi connectivity index (χ2n) is 4.64. The van der Waals surface area contributed by atoms with Gasteiger partial charge in [-0.1, -0.05) is 6.92 Å². The molecule has 19 heavy (non-hydrogen) atoms. The van der Waals surface area contributed by atoms with Crippen LogP contribution in [0, 0.1) is 0 Å². The van der Waals surface area contributed by atoms with Crippen molar-refractivity contribution in [2.45, 2.75) is 25.3 Å². The molecule has 1 unspecified atom stereocenters. The minimum atomic E-state index is -1.33. The summed E-state index contributed by atoms with van der Waals surface area (Å²) in [5.74, 6) is -1.51. The van der Waals surface area contributed by atoms with Gasteiger partial charge in [-0.2, -0.15) is 5.10 Å². The molecule has 7 nitrogen and oxygen atoms in total. The number of ether oxygens (including phenoxy) is 1. The number of carboxylic acids is 1. The summed E-state index contributed by atoms with van der Waals surface area (Å²) < 4.78 is 6.56. The van der Waals surface area contributed by atoms with Crippen LogP contribution in [0.3, 0.4) is 0 Å². The molecular weight excluding hydrogens is 250 g/mol. The van der Waals surface area contributed by atoms with Gasteiger partial charge in [0.1, 0.15) is 5.69 Å². The number of nitrogens with zero attached hydrogens (tertiary/aromatic N) is 2. The van der Waals surface area contributed by atoms with Crippen molar-refractivity contribution in [3.63, 3.8) is 0 Å². The van der Waals surface area contributed by atoms with E-state index >= 15 is 0 Å². The highest BCUT2D eigenvalue weighted by Gasteiger charge is 2.44. The smallest absolute Gasteiger partial charge is 0.331 e. The van der Waals surface area contributed by atoms with Crippen LogP contribution >= 0.6 is 0 Å². The van der Waals surface area contributed by atoms with Crippen LogP contribution in [0.1, 0.15) is 29.5 Å². The van der Waals surface area contributed by atoms with Crippen molar-refractivity contribution >= 4 is 11.9 Å². The summed E-state index contributed by atoms with van der Waals surface area (Å²) in [5.41, 5.74) is -0.183. The van der Waals surface area contributed by atoms with Crippen LogP contribution in [0.15, 0.2) is 6.07 Å². The molecule has 0 aromatic carbocycles. The molecule has 7 heteroatoms. The minimum absolute atomic E-state index is 0.00738. The number of aromatic nitrogens is 2. The normalized spacial score (nSPS) is 22.4. The highest BCUT2D eigenvalue weighted by molar-refractivity contribution is 5.96. The number of hydrogen-bond acceptors (Lipinski definition) is 4. The predicted octanol–water partition coefficient (Wildman–Crippen LogP) is -0.0440. The van der Waals surface area contributed by atoms with E-state index in [4.69, 9.17) is 4.74 Å². The van der Waals surface area contributed by atoms with Gasteiger partial charge in [-0.3, -0.25) is 9.48 Å². The average molecular weight is 267 g/mol.